The van der Waals surface area contributed by atoms with E-state index in [0.29, 0.717) is 16.7 Å². The molecule has 2 aromatic rings. The molecule has 0 aliphatic rings. The topological polar surface area (TPSA) is 93.1 Å². The molecule has 2 N–H and O–H groups in total. The largest absolute Gasteiger partial charge is 0.504 e. The molecule has 32 heavy (non-hydrogen) atoms. The normalized spacial score (nSPS) is 12.2. The fourth-order valence-corrected chi connectivity index (χ4v) is 3.36. The number of ketones is 1. The number of aliphatic hydroxyl groups is 1. The summed E-state index contributed by atoms with van der Waals surface area (Å²) in [5, 5.41) is 21.2. The minimum Gasteiger partial charge on any atom is -0.504 e. The lowest BCUT2D eigenvalue weighted by Crippen LogP contribution is -2.16. The van der Waals surface area contributed by atoms with E-state index in [2.05, 4.69) is 0 Å². The third kappa shape index (κ3) is 6.40. The Morgan fingerprint density at radius 1 is 1.19 bits per heavy atom. The van der Waals surface area contributed by atoms with Crippen LogP contribution in [0, 0.1) is 5.82 Å². The molecule has 2 rings (SSSR count). The molecule has 0 fully saturated rings. The first-order valence-electron chi connectivity index (χ1n) is 10.4. The van der Waals surface area contributed by atoms with Crippen molar-refractivity contribution in [3.05, 3.63) is 53.4 Å². The highest BCUT2D eigenvalue weighted by Gasteiger charge is 2.21. The summed E-state index contributed by atoms with van der Waals surface area (Å²) in [7, 11) is 1.45. The molecule has 0 saturated carbocycles. The monoisotopic (exact) mass is 444 g/mol. The van der Waals surface area contributed by atoms with Gasteiger partial charge in [0.15, 0.2) is 11.5 Å². The molecule has 1 atom stereocenters. The Bertz CT molecular complexity index is 979. The van der Waals surface area contributed by atoms with Gasteiger partial charge >= 0.3 is 5.97 Å². The summed E-state index contributed by atoms with van der Waals surface area (Å²) in [5.74, 6) is -1.29. The van der Waals surface area contributed by atoms with E-state index in [0.717, 1.165) is 5.56 Å². The summed E-state index contributed by atoms with van der Waals surface area (Å²) in [6, 6.07) is 7.39. The number of benzene rings is 2. The number of phenols is 1. The predicted octanol–water partition coefficient (Wildman–Crippen LogP) is 4.62. The first-order chi connectivity index (χ1) is 15.2. The summed E-state index contributed by atoms with van der Waals surface area (Å²) < 4.78 is 23.5. The van der Waals surface area contributed by atoms with Gasteiger partial charge in [-0.15, -0.1) is 0 Å². The first kappa shape index (κ1) is 25.1. The van der Waals surface area contributed by atoms with Crippen LogP contribution in [-0.4, -0.2) is 41.8 Å². The molecule has 0 saturated heterocycles. The lowest BCUT2D eigenvalue weighted by molar-refractivity contribution is -0.145. The van der Waals surface area contributed by atoms with E-state index in [9.17, 15) is 24.2 Å². The van der Waals surface area contributed by atoms with Gasteiger partial charge in [-0.25, -0.2) is 4.39 Å². The summed E-state index contributed by atoms with van der Waals surface area (Å²) in [5.41, 5.74) is 2.44. The van der Waals surface area contributed by atoms with E-state index in [-0.39, 0.29) is 30.4 Å². The van der Waals surface area contributed by atoms with Crippen molar-refractivity contribution in [2.45, 2.75) is 45.6 Å². The Morgan fingerprint density at radius 2 is 1.84 bits per heavy atom. The minimum atomic E-state index is -1.14. The number of aromatic hydroxyl groups is 1. The Labute approximate surface area is 187 Å². The van der Waals surface area contributed by atoms with Gasteiger partial charge in [0.1, 0.15) is 18.0 Å². The number of halogens is 1. The molecule has 0 heterocycles. The van der Waals surface area contributed by atoms with Crippen molar-refractivity contribution >= 4 is 17.8 Å². The molecule has 0 spiro atoms. The van der Waals surface area contributed by atoms with E-state index >= 15 is 0 Å². The molecule has 1 unspecified atom stereocenters. The van der Waals surface area contributed by atoms with Gasteiger partial charge in [-0.05, 0) is 47.7 Å². The van der Waals surface area contributed by atoms with Gasteiger partial charge in [0.25, 0.3) is 0 Å². The third-order valence-corrected chi connectivity index (χ3v) is 4.88. The second kappa shape index (κ2) is 11.4. The number of ether oxygens (including phenoxy) is 2. The Balaban J connectivity index is 2.44. The van der Waals surface area contributed by atoms with Crippen LogP contribution in [0.1, 0.15) is 50.7 Å². The summed E-state index contributed by atoms with van der Waals surface area (Å²) in [4.78, 5) is 23.4. The lowest BCUT2D eigenvalue weighted by atomic mass is 9.88. The maximum absolute atomic E-state index is 13.5. The second-order valence-electron chi connectivity index (χ2n) is 7.62. The Morgan fingerprint density at radius 3 is 2.41 bits per heavy atom. The van der Waals surface area contributed by atoms with Crippen molar-refractivity contribution in [1.29, 1.82) is 0 Å². The summed E-state index contributed by atoms with van der Waals surface area (Å²) in [6.07, 6.45) is 1.27. The lowest BCUT2D eigenvalue weighted by Gasteiger charge is -2.19. The number of phenolic OH excluding ortho intramolecular Hbond substituents is 1. The van der Waals surface area contributed by atoms with Crippen LogP contribution in [0.5, 0.6) is 11.5 Å². The zero-order valence-corrected chi connectivity index (χ0v) is 18.7. The fourth-order valence-electron chi connectivity index (χ4n) is 3.36. The van der Waals surface area contributed by atoms with Crippen molar-refractivity contribution in [3.8, 4) is 22.6 Å². The molecule has 6 nitrogen and oxygen atoms in total. The number of Topliss-reactive ketones (excluding diaryl/α,β-unsaturated/α-hetero) is 1. The average molecular weight is 444 g/mol. The van der Waals surface area contributed by atoms with Crippen molar-refractivity contribution in [1.82, 2.24) is 0 Å². The highest BCUT2D eigenvalue weighted by Crippen LogP contribution is 2.44. The molecule has 2 aromatic carbocycles. The number of methoxy groups -OCH3 is 1. The Hall–Kier alpha value is -3.19. The van der Waals surface area contributed by atoms with E-state index in [1.165, 1.54) is 25.3 Å². The maximum atomic E-state index is 13.5. The van der Waals surface area contributed by atoms with E-state index in [1.807, 2.05) is 13.8 Å². The first-order valence-corrected chi connectivity index (χ1v) is 10.4. The Kier molecular flexibility index (Phi) is 8.96. The standard InChI is InChI=1S/C25H29FO6/c1-5-32-23(29)13-19(28)12-18(27)10-11-20-21(15(2)3)14-22(31-4)25(30)24(20)16-6-8-17(26)9-7-16/h6-11,14-15,18,27,30H,5,12-13H2,1-4H3/b11-10+. The SMILES string of the molecule is CCOC(=O)CC(=O)CC(O)/C=C/c1c(C(C)C)cc(OC)c(O)c1-c1ccc(F)cc1. The van der Waals surface area contributed by atoms with Crippen molar-refractivity contribution < 1.29 is 33.7 Å². The molecule has 0 aliphatic heterocycles. The molecule has 0 amide bonds. The smallest absolute Gasteiger partial charge is 0.313 e. The predicted molar refractivity (Wildman–Crippen MR) is 120 cm³/mol. The van der Waals surface area contributed by atoms with Gasteiger partial charge < -0.3 is 19.7 Å². The maximum Gasteiger partial charge on any atom is 0.313 e. The van der Waals surface area contributed by atoms with Gasteiger partial charge in [-0.3, -0.25) is 9.59 Å². The zero-order chi connectivity index (χ0) is 23.8. The molecule has 0 aromatic heterocycles. The zero-order valence-electron chi connectivity index (χ0n) is 18.7. The van der Waals surface area contributed by atoms with Crippen LogP contribution >= 0.6 is 0 Å². The van der Waals surface area contributed by atoms with Crippen LogP contribution in [0.2, 0.25) is 0 Å². The number of hydrogen-bond donors (Lipinski definition) is 2. The number of rotatable bonds is 10. The van der Waals surface area contributed by atoms with Crippen LogP contribution in [0.4, 0.5) is 4.39 Å². The highest BCUT2D eigenvalue weighted by molar-refractivity contribution is 5.96. The van der Waals surface area contributed by atoms with Crippen LogP contribution < -0.4 is 4.74 Å². The highest BCUT2D eigenvalue weighted by atomic mass is 19.1. The molecular formula is C25H29FO6. The van der Waals surface area contributed by atoms with Crippen LogP contribution in [0.15, 0.2) is 36.4 Å². The molecule has 0 radical (unpaired) electrons. The third-order valence-electron chi connectivity index (χ3n) is 4.88. The molecule has 7 heteroatoms. The van der Waals surface area contributed by atoms with E-state index < -0.39 is 30.1 Å². The van der Waals surface area contributed by atoms with Crippen molar-refractivity contribution in [3.63, 3.8) is 0 Å². The van der Waals surface area contributed by atoms with Crippen molar-refractivity contribution in [2.75, 3.05) is 13.7 Å². The summed E-state index contributed by atoms with van der Waals surface area (Å²) in [6.45, 7) is 5.77. The number of hydrogen-bond acceptors (Lipinski definition) is 6. The van der Waals surface area contributed by atoms with Crippen molar-refractivity contribution in [2.24, 2.45) is 0 Å². The number of carbonyl (C=O) groups is 2. The second-order valence-corrected chi connectivity index (χ2v) is 7.62. The number of aliphatic hydroxyl groups excluding tert-OH is 1. The van der Waals surface area contributed by atoms with Crippen LogP contribution in [0.25, 0.3) is 17.2 Å². The van der Waals surface area contributed by atoms with Gasteiger partial charge in [0.2, 0.25) is 0 Å². The van der Waals surface area contributed by atoms with E-state index in [4.69, 9.17) is 9.47 Å². The molecule has 172 valence electrons. The van der Waals surface area contributed by atoms with E-state index in [1.54, 1.807) is 31.2 Å². The van der Waals surface area contributed by atoms with Crippen LogP contribution in [0.3, 0.4) is 0 Å². The molecule has 0 bridgehead atoms. The quantitative estimate of drug-likeness (QED) is 0.410. The fraction of sp³-hybridized carbons (Fsp3) is 0.360. The molecular weight excluding hydrogens is 415 g/mol. The van der Waals surface area contributed by atoms with Gasteiger partial charge in [0.05, 0.1) is 19.8 Å². The average Bonchev–Trinajstić information content (AvgIpc) is 2.72. The summed E-state index contributed by atoms with van der Waals surface area (Å²) >= 11 is 0. The number of esters is 1. The van der Waals surface area contributed by atoms with Gasteiger partial charge in [-0.2, -0.15) is 0 Å². The van der Waals surface area contributed by atoms with Gasteiger partial charge in [0, 0.05) is 12.0 Å². The molecule has 0 aliphatic carbocycles. The number of carbonyl (C=O) groups excluding carboxylic acids is 2. The van der Waals surface area contributed by atoms with Gasteiger partial charge in [-0.1, -0.05) is 38.1 Å². The minimum absolute atomic E-state index is 0.0333. The van der Waals surface area contributed by atoms with Crippen LogP contribution in [-0.2, 0) is 14.3 Å².